The van der Waals surface area contributed by atoms with Gasteiger partial charge < -0.3 is 15.8 Å². The van der Waals surface area contributed by atoms with E-state index in [0.717, 1.165) is 38.1 Å². The summed E-state index contributed by atoms with van der Waals surface area (Å²) in [6, 6.07) is 0. The summed E-state index contributed by atoms with van der Waals surface area (Å²) < 4.78 is 7.19. The number of ether oxygens (including phenoxy) is 1. The monoisotopic (exact) mass is 282 g/mol. The predicted octanol–water partition coefficient (Wildman–Crippen LogP) is 1.09. The molecule has 1 aromatic heterocycles. The average molecular weight is 282 g/mol. The molecule has 0 aromatic carbocycles. The van der Waals surface area contributed by atoms with Gasteiger partial charge in [0.15, 0.2) is 0 Å². The Kier molecular flexibility index (Phi) is 7.91. The van der Waals surface area contributed by atoms with Crippen LogP contribution >= 0.6 is 0 Å². The fourth-order valence-corrected chi connectivity index (χ4v) is 1.85. The minimum Gasteiger partial charge on any atom is -0.381 e. The van der Waals surface area contributed by atoms with Gasteiger partial charge in [-0.05, 0) is 32.7 Å². The van der Waals surface area contributed by atoms with E-state index in [1.54, 1.807) is 6.20 Å². The van der Waals surface area contributed by atoms with Gasteiger partial charge in [-0.2, -0.15) is 5.10 Å². The van der Waals surface area contributed by atoms with Gasteiger partial charge in [-0.25, -0.2) is 0 Å². The lowest BCUT2D eigenvalue weighted by atomic mass is 10.2. The molecule has 1 heterocycles. The molecule has 3 N–H and O–H groups in total. The first-order valence-corrected chi connectivity index (χ1v) is 7.29. The number of nitrogens with zero attached hydrogens (tertiary/aromatic N) is 2. The van der Waals surface area contributed by atoms with E-state index in [-0.39, 0.29) is 5.91 Å². The van der Waals surface area contributed by atoms with Crippen LogP contribution in [0.4, 0.5) is 0 Å². The molecule has 0 saturated heterocycles. The first kappa shape index (κ1) is 16.7. The Hall–Kier alpha value is -1.40. The van der Waals surface area contributed by atoms with Gasteiger partial charge in [0, 0.05) is 32.0 Å². The lowest BCUT2D eigenvalue weighted by Crippen LogP contribution is -2.25. The number of aryl methyl sites for hydroxylation is 1. The van der Waals surface area contributed by atoms with Crippen LogP contribution < -0.4 is 11.1 Å². The molecular weight excluding hydrogens is 256 g/mol. The van der Waals surface area contributed by atoms with Crippen molar-refractivity contribution in [3.05, 3.63) is 17.5 Å². The zero-order valence-electron chi connectivity index (χ0n) is 12.5. The standard InChI is InChI=1S/C14H26N4O2/c1-3-9-20-10-5-7-16-14(19)13-11-17-18(12(13)2)8-4-6-15/h11H,3-10,15H2,1-2H3,(H,16,19). The molecule has 20 heavy (non-hydrogen) atoms. The van der Waals surface area contributed by atoms with Gasteiger partial charge in [0.2, 0.25) is 0 Å². The minimum atomic E-state index is -0.0722. The molecule has 0 aliphatic rings. The highest BCUT2D eigenvalue weighted by atomic mass is 16.5. The highest BCUT2D eigenvalue weighted by Crippen LogP contribution is 2.07. The van der Waals surface area contributed by atoms with E-state index in [0.29, 0.717) is 25.3 Å². The maximum absolute atomic E-state index is 12.0. The van der Waals surface area contributed by atoms with Gasteiger partial charge >= 0.3 is 0 Å². The number of nitrogens with one attached hydrogen (secondary N) is 1. The zero-order valence-corrected chi connectivity index (χ0v) is 12.5. The lowest BCUT2D eigenvalue weighted by molar-refractivity contribution is 0.0940. The Bertz CT molecular complexity index is 404. The smallest absolute Gasteiger partial charge is 0.254 e. The summed E-state index contributed by atoms with van der Waals surface area (Å²) in [4.78, 5) is 12.0. The second-order valence-electron chi connectivity index (χ2n) is 4.73. The molecule has 6 heteroatoms. The molecule has 1 rings (SSSR count). The molecule has 0 saturated carbocycles. The van der Waals surface area contributed by atoms with Crippen LogP contribution in [0.25, 0.3) is 0 Å². The maximum atomic E-state index is 12.0. The van der Waals surface area contributed by atoms with E-state index in [1.807, 2.05) is 11.6 Å². The van der Waals surface area contributed by atoms with E-state index in [4.69, 9.17) is 10.5 Å². The van der Waals surface area contributed by atoms with Crippen LogP contribution in [0.5, 0.6) is 0 Å². The number of rotatable bonds is 10. The van der Waals surface area contributed by atoms with Crippen molar-refractivity contribution in [2.24, 2.45) is 5.73 Å². The van der Waals surface area contributed by atoms with Crippen molar-refractivity contribution in [1.82, 2.24) is 15.1 Å². The third kappa shape index (κ3) is 5.30. The average Bonchev–Trinajstić information content (AvgIpc) is 2.81. The number of nitrogens with two attached hydrogens (primary N) is 1. The van der Waals surface area contributed by atoms with Crippen LogP contribution in [0.15, 0.2) is 6.20 Å². The second-order valence-corrected chi connectivity index (χ2v) is 4.73. The number of carbonyl (C=O) groups is 1. The second kappa shape index (κ2) is 9.50. The molecule has 0 spiro atoms. The van der Waals surface area contributed by atoms with E-state index in [1.165, 1.54) is 0 Å². The van der Waals surface area contributed by atoms with Gasteiger partial charge in [0.1, 0.15) is 0 Å². The zero-order chi connectivity index (χ0) is 14.8. The molecule has 6 nitrogen and oxygen atoms in total. The summed E-state index contributed by atoms with van der Waals surface area (Å²) in [6.07, 6.45) is 4.33. The van der Waals surface area contributed by atoms with Crippen molar-refractivity contribution >= 4 is 5.91 Å². The third-order valence-electron chi connectivity index (χ3n) is 3.02. The maximum Gasteiger partial charge on any atom is 0.254 e. The first-order valence-electron chi connectivity index (χ1n) is 7.29. The lowest BCUT2D eigenvalue weighted by Gasteiger charge is -2.06. The van der Waals surface area contributed by atoms with E-state index < -0.39 is 0 Å². The van der Waals surface area contributed by atoms with Crippen molar-refractivity contribution in [1.29, 1.82) is 0 Å². The van der Waals surface area contributed by atoms with Crippen molar-refractivity contribution in [2.75, 3.05) is 26.3 Å². The number of hydrogen-bond donors (Lipinski definition) is 2. The number of aromatic nitrogens is 2. The predicted molar refractivity (Wildman–Crippen MR) is 78.7 cm³/mol. The normalized spacial score (nSPS) is 10.8. The SMILES string of the molecule is CCCOCCCNC(=O)c1cnn(CCCN)c1C. The van der Waals surface area contributed by atoms with Crippen LogP contribution in [0, 0.1) is 6.92 Å². The fourth-order valence-electron chi connectivity index (χ4n) is 1.85. The number of amides is 1. The largest absolute Gasteiger partial charge is 0.381 e. The molecule has 0 fully saturated rings. The van der Waals surface area contributed by atoms with Crippen LogP contribution in [0.3, 0.4) is 0 Å². The van der Waals surface area contributed by atoms with Gasteiger partial charge in [-0.15, -0.1) is 0 Å². The van der Waals surface area contributed by atoms with Crippen molar-refractivity contribution < 1.29 is 9.53 Å². The van der Waals surface area contributed by atoms with Crippen LogP contribution in [0.1, 0.15) is 42.2 Å². The van der Waals surface area contributed by atoms with Crippen LogP contribution in [-0.2, 0) is 11.3 Å². The molecule has 0 aliphatic heterocycles. The van der Waals surface area contributed by atoms with Crippen LogP contribution in [0.2, 0.25) is 0 Å². The minimum absolute atomic E-state index is 0.0722. The van der Waals surface area contributed by atoms with E-state index >= 15 is 0 Å². The summed E-state index contributed by atoms with van der Waals surface area (Å²) in [7, 11) is 0. The van der Waals surface area contributed by atoms with E-state index in [9.17, 15) is 4.79 Å². The highest BCUT2D eigenvalue weighted by molar-refractivity contribution is 5.94. The van der Waals surface area contributed by atoms with Gasteiger partial charge in [0.05, 0.1) is 11.8 Å². The molecule has 0 bridgehead atoms. The summed E-state index contributed by atoms with van der Waals surface area (Å²) in [5.74, 6) is -0.0722. The molecule has 0 unspecified atom stereocenters. The van der Waals surface area contributed by atoms with Crippen molar-refractivity contribution in [2.45, 2.75) is 39.7 Å². The molecule has 114 valence electrons. The Balaban J connectivity index is 2.34. The van der Waals surface area contributed by atoms with Crippen molar-refractivity contribution in [3.8, 4) is 0 Å². The number of hydrogen-bond acceptors (Lipinski definition) is 4. The number of carbonyl (C=O) groups excluding carboxylic acids is 1. The molecule has 1 amide bonds. The third-order valence-corrected chi connectivity index (χ3v) is 3.02. The molecular formula is C14H26N4O2. The summed E-state index contributed by atoms with van der Waals surface area (Å²) in [6.45, 7) is 7.44. The Morgan fingerprint density at radius 1 is 1.45 bits per heavy atom. The van der Waals surface area contributed by atoms with Gasteiger partial charge in [-0.1, -0.05) is 6.92 Å². The van der Waals surface area contributed by atoms with Crippen LogP contribution in [-0.4, -0.2) is 42.0 Å². The summed E-state index contributed by atoms with van der Waals surface area (Å²) >= 11 is 0. The molecule has 0 atom stereocenters. The quantitative estimate of drug-likeness (QED) is 0.629. The molecule has 1 aromatic rings. The first-order chi connectivity index (χ1) is 9.70. The molecule has 0 radical (unpaired) electrons. The highest BCUT2D eigenvalue weighted by Gasteiger charge is 2.13. The van der Waals surface area contributed by atoms with E-state index in [2.05, 4.69) is 17.3 Å². The topological polar surface area (TPSA) is 82.2 Å². The Morgan fingerprint density at radius 2 is 2.25 bits per heavy atom. The van der Waals surface area contributed by atoms with Gasteiger partial charge in [0.25, 0.3) is 5.91 Å². The fraction of sp³-hybridized carbons (Fsp3) is 0.714. The summed E-state index contributed by atoms with van der Waals surface area (Å²) in [5.41, 5.74) is 7.00. The Morgan fingerprint density at radius 3 is 2.95 bits per heavy atom. The van der Waals surface area contributed by atoms with Crippen molar-refractivity contribution in [3.63, 3.8) is 0 Å². The van der Waals surface area contributed by atoms with Gasteiger partial charge in [-0.3, -0.25) is 9.48 Å². The Labute approximate surface area is 120 Å². The molecule has 0 aliphatic carbocycles. The summed E-state index contributed by atoms with van der Waals surface area (Å²) in [5, 5.41) is 7.11.